The summed E-state index contributed by atoms with van der Waals surface area (Å²) in [5, 5.41) is 8.05. The number of imide groups is 1. The molecule has 1 unspecified atom stereocenters. The minimum Gasteiger partial charge on any atom is -0.339 e. The van der Waals surface area contributed by atoms with Crippen LogP contribution in [-0.2, 0) is 10.3 Å². The minimum atomic E-state index is -1.09. The van der Waals surface area contributed by atoms with Gasteiger partial charge in [0.25, 0.3) is 11.8 Å². The lowest BCUT2D eigenvalue weighted by Crippen LogP contribution is -2.41. The molecule has 0 aliphatic carbocycles. The van der Waals surface area contributed by atoms with Crippen molar-refractivity contribution in [3.63, 3.8) is 0 Å². The Bertz CT molecular complexity index is 701. The largest absolute Gasteiger partial charge is 0.339 e. The molecular formula is C19H27ClN4O3. The molecule has 148 valence electrons. The second-order valence-electron chi connectivity index (χ2n) is 7.24. The van der Waals surface area contributed by atoms with E-state index in [0.717, 1.165) is 38.9 Å². The number of rotatable bonds is 5. The van der Waals surface area contributed by atoms with Gasteiger partial charge in [0.2, 0.25) is 0 Å². The van der Waals surface area contributed by atoms with Crippen molar-refractivity contribution in [2.24, 2.45) is 5.92 Å². The zero-order chi connectivity index (χ0) is 18.7. The second-order valence-corrected chi connectivity index (χ2v) is 7.24. The van der Waals surface area contributed by atoms with Crippen LogP contribution in [-0.4, -0.2) is 49.4 Å². The van der Waals surface area contributed by atoms with Crippen LogP contribution in [0.25, 0.3) is 0 Å². The molecule has 2 aliphatic rings. The summed E-state index contributed by atoms with van der Waals surface area (Å²) in [5.74, 6) is 0.317. The van der Waals surface area contributed by atoms with Crippen molar-refractivity contribution < 1.29 is 14.4 Å². The Morgan fingerprint density at radius 2 is 1.85 bits per heavy atom. The third-order valence-electron chi connectivity index (χ3n) is 5.46. The Hall–Kier alpha value is -2.12. The van der Waals surface area contributed by atoms with Crippen LogP contribution in [0.2, 0.25) is 0 Å². The molecule has 2 aliphatic heterocycles. The number of hydrogen-bond donors (Lipinski definition) is 3. The Labute approximate surface area is 165 Å². The van der Waals surface area contributed by atoms with Gasteiger partial charge >= 0.3 is 6.03 Å². The van der Waals surface area contributed by atoms with Crippen LogP contribution in [0, 0.1) is 5.92 Å². The van der Waals surface area contributed by atoms with Gasteiger partial charge in [-0.1, -0.05) is 12.1 Å². The summed E-state index contributed by atoms with van der Waals surface area (Å²) in [7, 11) is 1.96. The van der Waals surface area contributed by atoms with E-state index in [4.69, 9.17) is 0 Å². The highest BCUT2D eigenvalue weighted by Gasteiger charge is 2.43. The van der Waals surface area contributed by atoms with Crippen molar-refractivity contribution in [3.8, 4) is 0 Å². The van der Waals surface area contributed by atoms with Crippen molar-refractivity contribution in [2.45, 2.75) is 31.7 Å². The Morgan fingerprint density at radius 1 is 1.22 bits per heavy atom. The maximum atomic E-state index is 12.7. The van der Waals surface area contributed by atoms with E-state index in [1.54, 1.807) is 31.2 Å². The highest BCUT2D eigenvalue weighted by Crippen LogP contribution is 2.26. The number of carbonyl (C=O) groups excluding carboxylic acids is 3. The zero-order valence-electron chi connectivity index (χ0n) is 15.7. The van der Waals surface area contributed by atoms with Gasteiger partial charge in [-0.15, -0.1) is 12.4 Å². The fourth-order valence-electron chi connectivity index (χ4n) is 3.65. The molecule has 0 bridgehead atoms. The van der Waals surface area contributed by atoms with Gasteiger partial charge in [0.05, 0.1) is 0 Å². The van der Waals surface area contributed by atoms with Crippen molar-refractivity contribution in [2.75, 3.05) is 26.7 Å². The summed E-state index contributed by atoms with van der Waals surface area (Å²) in [6.07, 6.45) is 3.23. The Balaban J connectivity index is 0.00000261. The predicted octanol–water partition coefficient (Wildman–Crippen LogP) is 1.62. The highest BCUT2D eigenvalue weighted by molar-refractivity contribution is 6.07. The fraction of sp³-hybridized carbons (Fsp3) is 0.526. The smallest absolute Gasteiger partial charge is 0.322 e. The molecule has 3 rings (SSSR count). The van der Waals surface area contributed by atoms with Crippen LogP contribution in [0.1, 0.15) is 42.1 Å². The van der Waals surface area contributed by atoms with Crippen LogP contribution in [0.4, 0.5) is 4.79 Å². The van der Waals surface area contributed by atoms with Gasteiger partial charge in [-0.2, -0.15) is 0 Å². The molecule has 1 atom stereocenters. The molecule has 0 radical (unpaired) electrons. The van der Waals surface area contributed by atoms with E-state index in [2.05, 4.69) is 16.0 Å². The molecule has 0 saturated carbocycles. The molecule has 8 heteroatoms. The van der Waals surface area contributed by atoms with Gasteiger partial charge in [-0.3, -0.25) is 14.9 Å². The summed E-state index contributed by atoms with van der Waals surface area (Å²) >= 11 is 0. The molecule has 2 heterocycles. The summed E-state index contributed by atoms with van der Waals surface area (Å²) in [5.41, 5.74) is 0.170. The summed E-state index contributed by atoms with van der Waals surface area (Å²) in [6.45, 7) is 4.24. The minimum absolute atomic E-state index is 0. The highest BCUT2D eigenvalue weighted by atomic mass is 35.5. The van der Waals surface area contributed by atoms with Crippen LogP contribution in [0.5, 0.6) is 0 Å². The monoisotopic (exact) mass is 394 g/mol. The Kier molecular flexibility index (Phi) is 6.84. The van der Waals surface area contributed by atoms with E-state index in [0.29, 0.717) is 17.0 Å². The van der Waals surface area contributed by atoms with Crippen LogP contribution < -0.4 is 16.0 Å². The van der Waals surface area contributed by atoms with Crippen LogP contribution in [0.3, 0.4) is 0 Å². The third-order valence-corrected chi connectivity index (χ3v) is 5.46. The van der Waals surface area contributed by atoms with Crippen LogP contribution in [0.15, 0.2) is 24.3 Å². The molecular weight excluding hydrogens is 368 g/mol. The lowest BCUT2D eigenvalue weighted by Gasteiger charge is -2.32. The number of piperidine rings is 1. The average Bonchev–Trinajstić information content (AvgIpc) is 2.92. The number of halogens is 1. The summed E-state index contributed by atoms with van der Waals surface area (Å²) in [6, 6.07) is 6.43. The number of hydrogen-bond acceptors (Lipinski definition) is 4. The molecule has 3 N–H and O–H groups in total. The first kappa shape index (κ1) is 21.2. The molecule has 1 aromatic rings. The third kappa shape index (κ3) is 4.42. The number of amides is 4. The van der Waals surface area contributed by atoms with E-state index in [1.165, 1.54) is 0 Å². The summed E-state index contributed by atoms with van der Waals surface area (Å²) < 4.78 is 0. The standard InChI is InChI=1S/C19H26N4O3.ClH/c1-19(17(25)21-18(26)22-19)15-5-3-14(4-6-15)16(24)23-11-8-13(9-12-23)7-10-20-2;/h3-6,13,20H,7-12H2,1-2H3,(H2,21,22,25,26);1H. The number of nitrogens with one attached hydrogen (secondary N) is 3. The molecule has 2 saturated heterocycles. The molecule has 4 amide bonds. The predicted molar refractivity (Wildman–Crippen MR) is 105 cm³/mol. The van der Waals surface area contributed by atoms with E-state index in [1.807, 2.05) is 11.9 Å². The zero-order valence-corrected chi connectivity index (χ0v) is 16.5. The topological polar surface area (TPSA) is 90.5 Å². The first-order valence-corrected chi connectivity index (χ1v) is 9.12. The van der Waals surface area contributed by atoms with E-state index < -0.39 is 11.6 Å². The fourth-order valence-corrected chi connectivity index (χ4v) is 3.65. The molecule has 2 fully saturated rings. The van der Waals surface area contributed by atoms with Gasteiger partial charge in [-0.05, 0) is 63.4 Å². The number of benzene rings is 1. The van der Waals surface area contributed by atoms with Gasteiger partial charge in [0, 0.05) is 18.7 Å². The first-order valence-electron chi connectivity index (χ1n) is 9.12. The SMILES string of the molecule is CNCCC1CCN(C(=O)c2ccc(C3(C)NC(=O)NC3=O)cc2)CC1.Cl. The number of urea groups is 1. The molecule has 0 spiro atoms. The average molecular weight is 395 g/mol. The Morgan fingerprint density at radius 3 is 2.37 bits per heavy atom. The van der Waals surface area contributed by atoms with Crippen molar-refractivity contribution in [1.29, 1.82) is 0 Å². The maximum absolute atomic E-state index is 12.7. The second kappa shape index (κ2) is 8.71. The van der Waals surface area contributed by atoms with Gasteiger partial charge in [-0.25, -0.2) is 4.79 Å². The van der Waals surface area contributed by atoms with E-state index >= 15 is 0 Å². The van der Waals surface area contributed by atoms with Gasteiger partial charge in [0.1, 0.15) is 5.54 Å². The van der Waals surface area contributed by atoms with Crippen molar-refractivity contribution in [1.82, 2.24) is 20.9 Å². The number of nitrogens with zero attached hydrogens (tertiary/aromatic N) is 1. The van der Waals surface area contributed by atoms with Crippen molar-refractivity contribution in [3.05, 3.63) is 35.4 Å². The molecule has 7 nitrogen and oxygen atoms in total. The van der Waals surface area contributed by atoms with Gasteiger partial charge < -0.3 is 15.5 Å². The number of likely N-dealkylation sites (tertiary alicyclic amines) is 1. The molecule has 0 aromatic heterocycles. The maximum Gasteiger partial charge on any atom is 0.322 e. The lowest BCUT2D eigenvalue weighted by molar-refractivity contribution is -0.123. The van der Waals surface area contributed by atoms with Crippen molar-refractivity contribution >= 4 is 30.3 Å². The molecule has 1 aromatic carbocycles. The number of carbonyl (C=O) groups is 3. The lowest BCUT2D eigenvalue weighted by atomic mass is 9.91. The van der Waals surface area contributed by atoms with E-state index in [-0.39, 0.29) is 24.2 Å². The first-order chi connectivity index (χ1) is 12.4. The quantitative estimate of drug-likeness (QED) is 0.662. The van der Waals surface area contributed by atoms with Gasteiger partial charge in [0.15, 0.2) is 0 Å². The van der Waals surface area contributed by atoms with E-state index in [9.17, 15) is 14.4 Å². The summed E-state index contributed by atoms with van der Waals surface area (Å²) in [4.78, 5) is 38.0. The molecule has 27 heavy (non-hydrogen) atoms. The van der Waals surface area contributed by atoms with Crippen LogP contribution >= 0.6 is 12.4 Å². The normalized spacial score (nSPS) is 22.8.